The number of benzene rings is 1. The quantitative estimate of drug-likeness (QED) is 0.101. The first kappa shape index (κ1) is 34.2. The molecule has 1 rings (SSSR count). The number of carboxylic acid groups (broad SMARTS) is 1. The van der Waals surface area contributed by atoms with Crippen LogP contribution in [-0.4, -0.2) is 23.7 Å². The number of rotatable bonds is 25. The maximum atomic E-state index is 13.0. The van der Waals surface area contributed by atoms with Gasteiger partial charge in [-0.25, -0.2) is 9.59 Å². The second-order valence-corrected chi connectivity index (χ2v) is 11.1. The lowest BCUT2D eigenvalue weighted by Gasteiger charge is -2.17. The summed E-state index contributed by atoms with van der Waals surface area (Å²) in [5.41, 5.74) is 2.38. The number of aryl methyl sites for hydroxylation is 1. The number of ether oxygens (including phenoxy) is 1. The van der Waals surface area contributed by atoms with Crippen LogP contribution in [0.1, 0.15) is 181 Å². The molecule has 0 aliphatic heterocycles. The molecule has 0 aliphatic rings. The maximum absolute atomic E-state index is 13.0. The van der Waals surface area contributed by atoms with Gasteiger partial charge in [-0.3, -0.25) is 0 Å². The molecule has 0 fully saturated rings. The standard InChI is InChI=1S/C34H58O4/c1-4-7-10-13-16-17-20-23-28-38-34(37)31-27-26-29(24-21-18-14-11-8-5-2)30(32(31)33(35)36)25-22-19-15-12-9-6-3/h26-27H,4-25,28H2,1-3H3,(H,35,36). The van der Waals surface area contributed by atoms with Crippen molar-refractivity contribution in [3.63, 3.8) is 0 Å². The van der Waals surface area contributed by atoms with Crippen LogP contribution in [0.2, 0.25) is 0 Å². The van der Waals surface area contributed by atoms with Crippen LogP contribution < -0.4 is 0 Å². The Morgan fingerprint density at radius 2 is 1.05 bits per heavy atom. The van der Waals surface area contributed by atoms with Gasteiger partial charge in [0.25, 0.3) is 0 Å². The summed E-state index contributed by atoms with van der Waals surface area (Å²) in [4.78, 5) is 25.4. The fourth-order valence-electron chi connectivity index (χ4n) is 5.28. The summed E-state index contributed by atoms with van der Waals surface area (Å²) in [5, 5.41) is 10.2. The van der Waals surface area contributed by atoms with E-state index in [4.69, 9.17) is 4.74 Å². The van der Waals surface area contributed by atoms with E-state index in [-0.39, 0.29) is 11.1 Å². The van der Waals surface area contributed by atoms with Crippen molar-refractivity contribution in [2.75, 3.05) is 6.61 Å². The van der Waals surface area contributed by atoms with Gasteiger partial charge < -0.3 is 9.84 Å². The van der Waals surface area contributed by atoms with Crippen molar-refractivity contribution >= 4 is 11.9 Å². The number of hydrogen-bond donors (Lipinski definition) is 1. The topological polar surface area (TPSA) is 63.6 Å². The smallest absolute Gasteiger partial charge is 0.339 e. The van der Waals surface area contributed by atoms with Crippen molar-refractivity contribution in [2.45, 2.75) is 162 Å². The first-order chi connectivity index (χ1) is 18.6. The highest BCUT2D eigenvalue weighted by Gasteiger charge is 2.23. The van der Waals surface area contributed by atoms with Crippen LogP contribution in [0.4, 0.5) is 0 Å². The third-order valence-corrected chi connectivity index (χ3v) is 7.65. The molecule has 0 aromatic heterocycles. The highest BCUT2D eigenvalue weighted by molar-refractivity contribution is 6.03. The Labute approximate surface area is 234 Å². The molecule has 1 aromatic carbocycles. The predicted octanol–water partition coefficient (Wildman–Crippen LogP) is 10.5. The number of carboxylic acids is 1. The third-order valence-electron chi connectivity index (χ3n) is 7.65. The van der Waals surface area contributed by atoms with Crippen molar-refractivity contribution in [3.8, 4) is 0 Å². The van der Waals surface area contributed by atoms with Crippen molar-refractivity contribution in [1.29, 1.82) is 0 Å². The average Bonchev–Trinajstić information content (AvgIpc) is 2.91. The molecule has 4 nitrogen and oxygen atoms in total. The van der Waals surface area contributed by atoms with Gasteiger partial charge in [-0.05, 0) is 49.3 Å². The lowest BCUT2D eigenvalue weighted by Crippen LogP contribution is -2.16. The zero-order chi connectivity index (χ0) is 27.8. The van der Waals surface area contributed by atoms with Gasteiger partial charge in [0.1, 0.15) is 0 Å². The monoisotopic (exact) mass is 530 g/mol. The zero-order valence-corrected chi connectivity index (χ0v) is 25.1. The van der Waals surface area contributed by atoms with E-state index in [1.165, 1.54) is 89.9 Å². The molecule has 0 saturated heterocycles. The third kappa shape index (κ3) is 14.9. The van der Waals surface area contributed by atoms with E-state index >= 15 is 0 Å². The van der Waals surface area contributed by atoms with Gasteiger partial charge >= 0.3 is 11.9 Å². The van der Waals surface area contributed by atoms with E-state index < -0.39 is 11.9 Å². The molecular weight excluding hydrogens is 472 g/mol. The van der Waals surface area contributed by atoms with E-state index in [0.29, 0.717) is 6.61 Å². The molecule has 4 heteroatoms. The van der Waals surface area contributed by atoms with Crippen molar-refractivity contribution < 1.29 is 19.4 Å². The number of unbranched alkanes of at least 4 members (excludes halogenated alkanes) is 17. The summed E-state index contributed by atoms with van der Waals surface area (Å²) in [5.74, 6) is -1.49. The Balaban J connectivity index is 2.80. The number of aromatic carboxylic acids is 1. The zero-order valence-electron chi connectivity index (χ0n) is 25.1. The molecule has 38 heavy (non-hydrogen) atoms. The fourth-order valence-corrected chi connectivity index (χ4v) is 5.28. The minimum absolute atomic E-state index is 0.183. The molecule has 1 N–H and O–H groups in total. The highest BCUT2D eigenvalue weighted by Crippen LogP contribution is 2.26. The van der Waals surface area contributed by atoms with Crippen LogP contribution in [-0.2, 0) is 17.6 Å². The Kier molecular flexibility index (Phi) is 20.8. The molecule has 0 amide bonds. The summed E-state index contributed by atoms with van der Waals surface area (Å²) in [6.45, 7) is 7.03. The summed E-state index contributed by atoms with van der Waals surface area (Å²) in [7, 11) is 0. The molecular formula is C34H58O4. The molecule has 0 aliphatic carbocycles. The van der Waals surface area contributed by atoms with Crippen LogP contribution in [0.3, 0.4) is 0 Å². The predicted molar refractivity (Wildman–Crippen MR) is 160 cm³/mol. The molecule has 0 saturated carbocycles. The van der Waals surface area contributed by atoms with E-state index in [1.54, 1.807) is 6.07 Å². The second-order valence-electron chi connectivity index (χ2n) is 11.1. The van der Waals surface area contributed by atoms with Gasteiger partial charge in [0.15, 0.2) is 0 Å². The van der Waals surface area contributed by atoms with Crippen LogP contribution in [0.15, 0.2) is 12.1 Å². The van der Waals surface area contributed by atoms with E-state index in [0.717, 1.165) is 62.5 Å². The molecule has 0 atom stereocenters. The SMILES string of the molecule is CCCCCCCCCCOC(=O)c1ccc(CCCCCCCC)c(CCCCCCCC)c1C(=O)O. The Bertz CT molecular complexity index is 755. The van der Waals surface area contributed by atoms with Crippen molar-refractivity contribution in [2.24, 2.45) is 0 Å². The normalized spacial score (nSPS) is 11.1. The van der Waals surface area contributed by atoms with E-state index in [2.05, 4.69) is 20.8 Å². The minimum atomic E-state index is -1.00. The lowest BCUT2D eigenvalue weighted by atomic mass is 9.89. The molecule has 1 aromatic rings. The Morgan fingerprint density at radius 1 is 0.605 bits per heavy atom. The Morgan fingerprint density at radius 3 is 1.55 bits per heavy atom. The highest BCUT2D eigenvalue weighted by atomic mass is 16.5. The van der Waals surface area contributed by atoms with Crippen LogP contribution in [0.25, 0.3) is 0 Å². The molecule has 218 valence electrons. The van der Waals surface area contributed by atoms with Crippen LogP contribution >= 0.6 is 0 Å². The first-order valence-corrected chi connectivity index (χ1v) is 16.1. The van der Waals surface area contributed by atoms with Crippen molar-refractivity contribution in [3.05, 3.63) is 34.4 Å². The second kappa shape index (κ2) is 23.1. The summed E-state index contributed by atoms with van der Waals surface area (Å²) < 4.78 is 5.56. The number of carbonyl (C=O) groups excluding carboxylic acids is 1. The maximum Gasteiger partial charge on any atom is 0.339 e. The lowest BCUT2D eigenvalue weighted by molar-refractivity contribution is 0.0487. The fraction of sp³-hybridized carbons (Fsp3) is 0.765. The minimum Gasteiger partial charge on any atom is -0.478 e. The van der Waals surface area contributed by atoms with Gasteiger partial charge in [-0.2, -0.15) is 0 Å². The van der Waals surface area contributed by atoms with Crippen molar-refractivity contribution in [1.82, 2.24) is 0 Å². The van der Waals surface area contributed by atoms with Gasteiger partial charge in [-0.15, -0.1) is 0 Å². The number of carbonyl (C=O) groups is 2. The molecule has 0 spiro atoms. The summed E-state index contributed by atoms with van der Waals surface area (Å²) in [6.07, 6.45) is 25.2. The van der Waals surface area contributed by atoms with Gasteiger partial charge in [-0.1, -0.05) is 136 Å². The van der Waals surface area contributed by atoms with Gasteiger partial charge in [0, 0.05) is 0 Å². The Hall–Kier alpha value is -1.84. The molecule has 0 bridgehead atoms. The van der Waals surface area contributed by atoms with Crippen LogP contribution in [0.5, 0.6) is 0 Å². The molecule has 0 heterocycles. The van der Waals surface area contributed by atoms with Gasteiger partial charge in [0.2, 0.25) is 0 Å². The number of esters is 1. The number of hydrogen-bond acceptors (Lipinski definition) is 3. The largest absolute Gasteiger partial charge is 0.478 e. The summed E-state index contributed by atoms with van der Waals surface area (Å²) >= 11 is 0. The van der Waals surface area contributed by atoms with Gasteiger partial charge in [0.05, 0.1) is 17.7 Å². The summed E-state index contributed by atoms with van der Waals surface area (Å²) in [6, 6.07) is 3.70. The molecule has 0 unspecified atom stereocenters. The van der Waals surface area contributed by atoms with Crippen LogP contribution in [0, 0.1) is 0 Å². The first-order valence-electron chi connectivity index (χ1n) is 16.1. The average molecular weight is 531 g/mol. The van der Waals surface area contributed by atoms with E-state index in [9.17, 15) is 14.7 Å². The van der Waals surface area contributed by atoms with E-state index in [1.807, 2.05) is 6.07 Å². The molecule has 0 radical (unpaired) electrons.